The fourth-order valence-corrected chi connectivity index (χ4v) is 3.29. The number of hydrogen-bond donors (Lipinski definition) is 1. The van der Waals surface area contributed by atoms with Crippen molar-refractivity contribution in [2.24, 2.45) is 0 Å². The number of amides is 1. The van der Waals surface area contributed by atoms with Gasteiger partial charge in [-0.1, -0.05) is 37.6 Å². The maximum atomic E-state index is 12.2. The third-order valence-corrected chi connectivity index (χ3v) is 5.40. The molecule has 1 N–H and O–H groups in total. The van der Waals surface area contributed by atoms with Gasteiger partial charge in [-0.15, -0.1) is 0 Å². The molecule has 0 fully saturated rings. The van der Waals surface area contributed by atoms with Gasteiger partial charge in [0.25, 0.3) is 5.91 Å². The molecule has 5 nitrogen and oxygen atoms in total. The Morgan fingerprint density at radius 1 is 1.06 bits per heavy atom. The molecule has 0 aliphatic carbocycles. The largest absolute Gasteiger partial charge is 0.484 e. The van der Waals surface area contributed by atoms with Crippen LogP contribution in [0.5, 0.6) is 5.75 Å². The van der Waals surface area contributed by atoms with Crippen molar-refractivity contribution in [3.05, 3.63) is 77.9 Å². The molecule has 0 aliphatic heterocycles. The van der Waals surface area contributed by atoms with Crippen molar-refractivity contribution in [1.82, 2.24) is 4.98 Å². The van der Waals surface area contributed by atoms with Gasteiger partial charge in [0.05, 0.1) is 0 Å². The molecule has 0 aliphatic rings. The van der Waals surface area contributed by atoms with E-state index in [0.29, 0.717) is 23.2 Å². The first kappa shape index (κ1) is 20.7. The molecule has 0 saturated heterocycles. The lowest BCUT2D eigenvalue weighted by Crippen LogP contribution is -2.20. The van der Waals surface area contributed by atoms with Crippen LogP contribution < -0.4 is 10.1 Å². The average Bonchev–Trinajstić information content (AvgIpc) is 3.22. The summed E-state index contributed by atoms with van der Waals surface area (Å²) in [4.78, 5) is 16.8. The standard InChI is InChI=1S/C26H26N2O3/c1-4-18(3)20-9-14-24-23(15-20)28-26(31-24)19-7-10-21(11-8-19)27-25(29)16-30-22-12-5-17(2)6-13-22/h5-15,18H,4,16H2,1-3H3,(H,27,29)/t18-/m1/s1. The normalized spacial score (nSPS) is 12.0. The van der Waals surface area contributed by atoms with Gasteiger partial charge in [0.15, 0.2) is 12.2 Å². The van der Waals surface area contributed by atoms with Crippen LogP contribution in [-0.2, 0) is 4.79 Å². The van der Waals surface area contributed by atoms with E-state index in [9.17, 15) is 4.79 Å². The van der Waals surface area contributed by atoms with Crippen molar-refractivity contribution in [3.8, 4) is 17.2 Å². The summed E-state index contributed by atoms with van der Waals surface area (Å²) < 4.78 is 11.4. The van der Waals surface area contributed by atoms with Crippen LogP contribution in [0.3, 0.4) is 0 Å². The van der Waals surface area contributed by atoms with Crippen LogP contribution >= 0.6 is 0 Å². The Bertz CT molecular complexity index is 1180. The lowest BCUT2D eigenvalue weighted by Gasteiger charge is -2.08. The summed E-state index contributed by atoms with van der Waals surface area (Å²) in [5.74, 6) is 1.51. The zero-order valence-electron chi connectivity index (χ0n) is 18.0. The molecular weight excluding hydrogens is 388 g/mol. The highest BCUT2D eigenvalue weighted by Gasteiger charge is 2.11. The highest BCUT2D eigenvalue weighted by Crippen LogP contribution is 2.28. The van der Waals surface area contributed by atoms with Crippen LogP contribution in [0.4, 0.5) is 5.69 Å². The number of aromatic nitrogens is 1. The van der Waals surface area contributed by atoms with Gasteiger partial charge < -0.3 is 14.5 Å². The number of aryl methyl sites for hydroxylation is 1. The summed E-state index contributed by atoms with van der Waals surface area (Å²) in [6.07, 6.45) is 1.08. The van der Waals surface area contributed by atoms with Crippen molar-refractivity contribution >= 4 is 22.7 Å². The van der Waals surface area contributed by atoms with Crippen molar-refractivity contribution < 1.29 is 13.9 Å². The SMILES string of the molecule is CC[C@@H](C)c1ccc2oc(-c3ccc(NC(=O)COc4ccc(C)cc4)cc3)nc2c1. The minimum Gasteiger partial charge on any atom is -0.484 e. The Kier molecular flexibility index (Phi) is 6.03. The summed E-state index contributed by atoms with van der Waals surface area (Å²) >= 11 is 0. The first-order valence-electron chi connectivity index (χ1n) is 10.5. The second-order valence-electron chi connectivity index (χ2n) is 7.78. The first-order chi connectivity index (χ1) is 15.0. The smallest absolute Gasteiger partial charge is 0.262 e. The Hall–Kier alpha value is -3.60. The molecule has 0 spiro atoms. The molecule has 0 unspecified atom stereocenters. The lowest BCUT2D eigenvalue weighted by molar-refractivity contribution is -0.118. The maximum Gasteiger partial charge on any atom is 0.262 e. The molecule has 0 saturated carbocycles. The number of oxazole rings is 1. The molecule has 1 heterocycles. The van der Waals surface area contributed by atoms with Gasteiger partial charge >= 0.3 is 0 Å². The molecule has 1 amide bonds. The summed E-state index contributed by atoms with van der Waals surface area (Å²) in [6.45, 7) is 6.35. The number of nitrogens with zero attached hydrogens (tertiary/aromatic N) is 1. The van der Waals surface area contributed by atoms with Gasteiger partial charge in [-0.2, -0.15) is 0 Å². The van der Waals surface area contributed by atoms with Gasteiger partial charge in [-0.3, -0.25) is 4.79 Å². The molecule has 31 heavy (non-hydrogen) atoms. The number of carbonyl (C=O) groups excluding carboxylic acids is 1. The molecule has 3 aromatic carbocycles. The fourth-order valence-electron chi connectivity index (χ4n) is 3.29. The number of hydrogen-bond acceptors (Lipinski definition) is 4. The van der Waals surface area contributed by atoms with Crippen LogP contribution in [0, 0.1) is 6.92 Å². The zero-order valence-corrected chi connectivity index (χ0v) is 18.0. The maximum absolute atomic E-state index is 12.2. The van der Waals surface area contributed by atoms with E-state index in [1.807, 2.05) is 61.5 Å². The van der Waals surface area contributed by atoms with Crippen LogP contribution in [0.25, 0.3) is 22.6 Å². The summed E-state index contributed by atoms with van der Waals surface area (Å²) in [5, 5.41) is 2.84. The third-order valence-electron chi connectivity index (χ3n) is 5.40. The number of carbonyl (C=O) groups is 1. The lowest BCUT2D eigenvalue weighted by atomic mass is 9.98. The van der Waals surface area contributed by atoms with E-state index in [1.165, 1.54) is 5.56 Å². The third kappa shape index (κ3) is 4.94. The first-order valence-corrected chi connectivity index (χ1v) is 10.5. The highest BCUT2D eigenvalue weighted by molar-refractivity contribution is 5.92. The molecule has 0 bridgehead atoms. The fraction of sp³-hybridized carbons (Fsp3) is 0.231. The number of anilines is 1. The monoisotopic (exact) mass is 414 g/mol. The van der Waals surface area contributed by atoms with Crippen molar-refractivity contribution in [3.63, 3.8) is 0 Å². The van der Waals surface area contributed by atoms with Gasteiger partial charge in [0, 0.05) is 11.3 Å². The second-order valence-corrected chi connectivity index (χ2v) is 7.78. The van der Waals surface area contributed by atoms with E-state index in [1.54, 1.807) is 0 Å². The van der Waals surface area contributed by atoms with Gasteiger partial charge in [-0.25, -0.2) is 4.98 Å². The number of nitrogens with one attached hydrogen (secondary N) is 1. The molecule has 1 atom stereocenters. The summed E-state index contributed by atoms with van der Waals surface area (Å²) in [5.41, 5.74) is 5.59. The Morgan fingerprint density at radius 3 is 2.52 bits per heavy atom. The Labute approximate surface area is 182 Å². The number of fused-ring (bicyclic) bond motifs is 1. The number of rotatable bonds is 7. The molecule has 158 valence electrons. The van der Waals surface area contributed by atoms with Crippen molar-refractivity contribution in [2.45, 2.75) is 33.1 Å². The van der Waals surface area contributed by atoms with Crippen LogP contribution in [0.2, 0.25) is 0 Å². The van der Waals surface area contributed by atoms with Crippen molar-refractivity contribution in [1.29, 1.82) is 0 Å². The number of benzene rings is 3. The Balaban J connectivity index is 1.40. The second kappa shape index (κ2) is 9.04. The van der Waals surface area contributed by atoms with E-state index in [2.05, 4.69) is 36.3 Å². The topological polar surface area (TPSA) is 64.4 Å². The summed E-state index contributed by atoms with van der Waals surface area (Å²) in [7, 11) is 0. The van der Waals surface area contributed by atoms with Gasteiger partial charge in [0.2, 0.25) is 5.89 Å². The van der Waals surface area contributed by atoms with Gasteiger partial charge in [0.1, 0.15) is 11.3 Å². The van der Waals surface area contributed by atoms with E-state index in [-0.39, 0.29) is 12.5 Å². The molecule has 5 heteroatoms. The quantitative estimate of drug-likeness (QED) is 0.383. The van der Waals surface area contributed by atoms with Crippen LogP contribution in [0.1, 0.15) is 37.3 Å². The highest BCUT2D eigenvalue weighted by atomic mass is 16.5. The number of ether oxygens (including phenoxy) is 1. The summed E-state index contributed by atoms with van der Waals surface area (Å²) in [6, 6.07) is 21.2. The van der Waals surface area contributed by atoms with E-state index in [0.717, 1.165) is 28.6 Å². The van der Waals surface area contributed by atoms with E-state index < -0.39 is 0 Å². The minimum atomic E-state index is -0.215. The molecule has 4 rings (SSSR count). The predicted octanol–water partition coefficient (Wildman–Crippen LogP) is 6.33. The minimum absolute atomic E-state index is 0.0472. The van der Waals surface area contributed by atoms with Crippen molar-refractivity contribution in [2.75, 3.05) is 11.9 Å². The van der Waals surface area contributed by atoms with E-state index in [4.69, 9.17) is 9.15 Å². The zero-order chi connectivity index (χ0) is 21.8. The van der Waals surface area contributed by atoms with Crippen LogP contribution in [0.15, 0.2) is 71.1 Å². The Morgan fingerprint density at radius 2 is 1.81 bits per heavy atom. The van der Waals surface area contributed by atoms with Crippen LogP contribution in [-0.4, -0.2) is 17.5 Å². The average molecular weight is 415 g/mol. The molecular formula is C26H26N2O3. The molecule has 4 aromatic rings. The van der Waals surface area contributed by atoms with Gasteiger partial charge in [-0.05, 0) is 73.4 Å². The molecule has 0 radical (unpaired) electrons. The predicted molar refractivity (Wildman–Crippen MR) is 123 cm³/mol. The van der Waals surface area contributed by atoms with E-state index >= 15 is 0 Å². The molecule has 1 aromatic heterocycles.